The van der Waals surface area contributed by atoms with Crippen molar-refractivity contribution in [2.45, 2.75) is 69.9 Å². The van der Waals surface area contributed by atoms with Gasteiger partial charge in [0.25, 0.3) is 0 Å². The molecule has 3 heterocycles. The lowest BCUT2D eigenvalue weighted by Crippen LogP contribution is -2.53. The number of amides is 1. The number of rotatable bonds is 4. The predicted molar refractivity (Wildman–Crippen MR) is 135 cm³/mol. The van der Waals surface area contributed by atoms with Gasteiger partial charge in [0.2, 0.25) is 5.91 Å². The summed E-state index contributed by atoms with van der Waals surface area (Å²) in [6, 6.07) is 8.45. The average Bonchev–Trinajstić information content (AvgIpc) is 3.37. The molecule has 3 aliphatic rings. The standard InChI is InChI=1S/C26H34BrN5O/c1-17-4-9-20-22(17)24(29-16-28-20)31-12-14-32(15-13-31)25(33)23(18-5-7-19(27)8-6-18)21-10-11-26(2,3)30-21/h5-8,16-17,21,23,30H,4,9-15H2,1-3H3/t17-,21+,23+/m1/s1. The van der Waals surface area contributed by atoms with Crippen LogP contribution in [0.3, 0.4) is 0 Å². The molecule has 5 rings (SSSR count). The molecule has 7 heteroatoms. The van der Waals surface area contributed by atoms with Crippen molar-refractivity contribution in [1.82, 2.24) is 20.2 Å². The maximum Gasteiger partial charge on any atom is 0.231 e. The Morgan fingerprint density at radius 2 is 1.85 bits per heavy atom. The second-order valence-corrected chi connectivity index (χ2v) is 11.4. The van der Waals surface area contributed by atoms with Gasteiger partial charge in [-0.3, -0.25) is 4.79 Å². The highest BCUT2D eigenvalue weighted by atomic mass is 79.9. The minimum atomic E-state index is -0.158. The van der Waals surface area contributed by atoms with E-state index in [0.29, 0.717) is 5.92 Å². The lowest BCUT2D eigenvalue weighted by molar-refractivity contribution is -0.133. The van der Waals surface area contributed by atoms with Crippen molar-refractivity contribution >= 4 is 27.7 Å². The van der Waals surface area contributed by atoms with Gasteiger partial charge in [0.1, 0.15) is 12.1 Å². The highest BCUT2D eigenvalue weighted by Gasteiger charge is 2.41. The summed E-state index contributed by atoms with van der Waals surface area (Å²) in [5.74, 6) is 1.68. The second kappa shape index (κ2) is 8.99. The normalized spacial score (nSPS) is 25.2. The molecule has 0 saturated carbocycles. The summed E-state index contributed by atoms with van der Waals surface area (Å²) in [5.41, 5.74) is 3.70. The van der Waals surface area contributed by atoms with Gasteiger partial charge in [-0.1, -0.05) is 35.0 Å². The minimum Gasteiger partial charge on any atom is -0.353 e. The molecule has 2 aromatic rings. The third kappa shape index (κ3) is 4.54. The molecule has 0 radical (unpaired) electrons. The van der Waals surface area contributed by atoms with Gasteiger partial charge in [-0.25, -0.2) is 9.97 Å². The number of anilines is 1. The first-order valence-electron chi connectivity index (χ1n) is 12.2. The predicted octanol–water partition coefficient (Wildman–Crippen LogP) is 4.25. The van der Waals surface area contributed by atoms with E-state index in [1.54, 1.807) is 6.33 Å². The summed E-state index contributed by atoms with van der Waals surface area (Å²) < 4.78 is 1.04. The van der Waals surface area contributed by atoms with E-state index in [-0.39, 0.29) is 23.4 Å². The fourth-order valence-electron chi connectivity index (χ4n) is 5.84. The van der Waals surface area contributed by atoms with Crippen LogP contribution in [0, 0.1) is 0 Å². The summed E-state index contributed by atoms with van der Waals surface area (Å²) in [6.45, 7) is 9.84. The van der Waals surface area contributed by atoms with Crippen LogP contribution in [0.4, 0.5) is 5.82 Å². The molecule has 1 N–H and O–H groups in total. The average molecular weight is 512 g/mol. The van der Waals surface area contributed by atoms with Gasteiger partial charge in [0.15, 0.2) is 0 Å². The molecule has 1 aromatic carbocycles. The third-order valence-electron chi connectivity index (χ3n) is 7.70. The lowest BCUT2D eigenvalue weighted by Gasteiger charge is -2.39. The van der Waals surface area contributed by atoms with Crippen LogP contribution in [0.5, 0.6) is 0 Å². The monoisotopic (exact) mass is 511 g/mol. The zero-order chi connectivity index (χ0) is 23.2. The number of aromatic nitrogens is 2. The maximum absolute atomic E-state index is 13.9. The molecule has 33 heavy (non-hydrogen) atoms. The number of hydrogen-bond acceptors (Lipinski definition) is 5. The van der Waals surface area contributed by atoms with E-state index in [0.717, 1.165) is 67.7 Å². The van der Waals surface area contributed by atoms with Crippen LogP contribution in [-0.2, 0) is 11.2 Å². The Bertz CT molecular complexity index is 1020. The van der Waals surface area contributed by atoms with Gasteiger partial charge in [-0.15, -0.1) is 0 Å². The quantitative estimate of drug-likeness (QED) is 0.664. The summed E-state index contributed by atoms with van der Waals surface area (Å²) in [7, 11) is 0. The van der Waals surface area contributed by atoms with Crippen LogP contribution in [0.2, 0.25) is 0 Å². The van der Waals surface area contributed by atoms with Crippen molar-refractivity contribution in [2.24, 2.45) is 0 Å². The van der Waals surface area contributed by atoms with Crippen molar-refractivity contribution < 1.29 is 4.79 Å². The van der Waals surface area contributed by atoms with Crippen LogP contribution >= 0.6 is 15.9 Å². The molecule has 1 aliphatic carbocycles. The lowest BCUT2D eigenvalue weighted by atomic mass is 9.89. The first kappa shape index (κ1) is 22.8. The number of hydrogen-bond donors (Lipinski definition) is 1. The first-order valence-corrected chi connectivity index (χ1v) is 13.0. The summed E-state index contributed by atoms with van der Waals surface area (Å²) >= 11 is 3.54. The van der Waals surface area contributed by atoms with Gasteiger partial charge in [-0.2, -0.15) is 0 Å². The molecule has 3 atom stereocenters. The number of nitrogens with zero attached hydrogens (tertiary/aromatic N) is 4. The fraction of sp³-hybridized carbons (Fsp3) is 0.577. The first-order chi connectivity index (χ1) is 15.8. The fourth-order valence-corrected chi connectivity index (χ4v) is 6.10. The minimum absolute atomic E-state index is 0.0708. The van der Waals surface area contributed by atoms with Gasteiger partial charge in [0.05, 0.1) is 5.92 Å². The molecular weight excluding hydrogens is 478 g/mol. The van der Waals surface area contributed by atoms with E-state index < -0.39 is 0 Å². The third-order valence-corrected chi connectivity index (χ3v) is 8.23. The zero-order valence-electron chi connectivity index (χ0n) is 19.9. The number of carbonyl (C=O) groups excluding carboxylic acids is 1. The Kier molecular flexibility index (Phi) is 6.21. The molecule has 2 aliphatic heterocycles. The van der Waals surface area contributed by atoms with Gasteiger partial charge >= 0.3 is 0 Å². The maximum atomic E-state index is 13.9. The largest absolute Gasteiger partial charge is 0.353 e. The molecule has 0 bridgehead atoms. The van der Waals surface area contributed by atoms with Crippen LogP contribution < -0.4 is 10.2 Å². The molecule has 2 fully saturated rings. The van der Waals surface area contributed by atoms with Crippen LogP contribution in [-0.4, -0.2) is 58.5 Å². The number of nitrogens with one attached hydrogen (secondary N) is 1. The summed E-state index contributed by atoms with van der Waals surface area (Å²) in [6.07, 6.45) is 6.01. The van der Waals surface area contributed by atoms with E-state index >= 15 is 0 Å². The van der Waals surface area contributed by atoms with Gasteiger partial charge < -0.3 is 15.1 Å². The van der Waals surface area contributed by atoms with Crippen LogP contribution in [0.15, 0.2) is 35.1 Å². The molecule has 176 valence electrons. The Morgan fingerprint density at radius 3 is 2.52 bits per heavy atom. The topological polar surface area (TPSA) is 61.4 Å². The van der Waals surface area contributed by atoms with E-state index in [2.05, 4.69) is 73.9 Å². The molecule has 1 amide bonds. The molecule has 1 aromatic heterocycles. The van der Waals surface area contributed by atoms with E-state index in [4.69, 9.17) is 0 Å². The molecule has 0 unspecified atom stereocenters. The summed E-state index contributed by atoms with van der Waals surface area (Å²) in [4.78, 5) is 27.5. The Hall–Kier alpha value is -1.99. The number of benzene rings is 1. The zero-order valence-corrected chi connectivity index (χ0v) is 21.4. The molecule has 0 spiro atoms. The van der Waals surface area contributed by atoms with Crippen LogP contribution in [0.1, 0.15) is 68.7 Å². The number of halogens is 1. The van der Waals surface area contributed by atoms with Crippen molar-refractivity contribution in [1.29, 1.82) is 0 Å². The van der Waals surface area contributed by atoms with E-state index in [1.165, 1.54) is 11.3 Å². The molecular formula is C26H34BrN5O. The number of piperazine rings is 1. The Labute approximate surface area is 205 Å². The van der Waals surface area contributed by atoms with Crippen molar-refractivity contribution in [3.8, 4) is 0 Å². The highest BCUT2D eigenvalue weighted by molar-refractivity contribution is 9.10. The summed E-state index contributed by atoms with van der Waals surface area (Å²) in [5, 5.41) is 3.74. The second-order valence-electron chi connectivity index (χ2n) is 10.5. The van der Waals surface area contributed by atoms with Crippen molar-refractivity contribution in [3.63, 3.8) is 0 Å². The van der Waals surface area contributed by atoms with Gasteiger partial charge in [0, 0.05) is 53.5 Å². The number of fused-ring (bicyclic) bond motifs is 1. The smallest absolute Gasteiger partial charge is 0.231 e. The number of carbonyl (C=O) groups is 1. The Morgan fingerprint density at radius 1 is 1.12 bits per heavy atom. The SMILES string of the molecule is C[C@@H]1CCc2ncnc(N3CCN(C(=O)[C@@H](c4ccc(Br)cc4)[C@@H]4CCC(C)(C)N4)CC3)c21. The Balaban J connectivity index is 1.33. The van der Waals surface area contributed by atoms with Crippen molar-refractivity contribution in [3.05, 3.63) is 51.9 Å². The van der Waals surface area contributed by atoms with Crippen LogP contribution in [0.25, 0.3) is 0 Å². The van der Waals surface area contributed by atoms with E-state index in [1.807, 2.05) is 12.1 Å². The number of aryl methyl sites for hydroxylation is 1. The molecule has 2 saturated heterocycles. The molecule has 6 nitrogen and oxygen atoms in total. The highest BCUT2D eigenvalue weighted by Crippen LogP contribution is 2.38. The van der Waals surface area contributed by atoms with E-state index in [9.17, 15) is 4.79 Å². The van der Waals surface area contributed by atoms with Gasteiger partial charge in [-0.05, 0) is 63.1 Å². The van der Waals surface area contributed by atoms with Crippen molar-refractivity contribution in [2.75, 3.05) is 31.1 Å².